The lowest BCUT2D eigenvalue weighted by atomic mass is 9.88. The Balaban J connectivity index is 1.21. The second kappa shape index (κ2) is 10.7. The van der Waals surface area contributed by atoms with Gasteiger partial charge < -0.3 is 15.0 Å². The Morgan fingerprint density at radius 3 is 2.35 bits per heavy atom. The first-order valence-electron chi connectivity index (χ1n) is 12.6. The van der Waals surface area contributed by atoms with Crippen LogP contribution in [0.2, 0.25) is 0 Å². The first kappa shape index (κ1) is 23.0. The SMILES string of the molecule is O=C(CC1CCOCC1)N1CCC(c2ccc(N(C(=O)C3CNC3)c3cccnc3)cc2)CC1. The predicted molar refractivity (Wildman–Crippen MR) is 131 cm³/mol. The Labute approximate surface area is 201 Å². The molecular weight excluding hydrogens is 428 g/mol. The van der Waals surface area contributed by atoms with E-state index in [1.54, 1.807) is 17.3 Å². The number of ether oxygens (including phenoxy) is 1. The molecule has 3 aliphatic rings. The zero-order chi connectivity index (χ0) is 23.3. The minimum absolute atomic E-state index is 0.00267. The molecule has 0 atom stereocenters. The molecule has 1 aromatic carbocycles. The van der Waals surface area contributed by atoms with E-state index in [1.807, 2.05) is 12.1 Å². The number of hydrogen-bond acceptors (Lipinski definition) is 5. The molecule has 0 bridgehead atoms. The summed E-state index contributed by atoms with van der Waals surface area (Å²) in [6, 6.07) is 12.2. The third-order valence-electron chi connectivity index (χ3n) is 7.53. The topological polar surface area (TPSA) is 74.8 Å². The normalized spacial score (nSPS) is 20.1. The van der Waals surface area contributed by atoms with Crippen LogP contribution in [0.25, 0.3) is 0 Å². The van der Waals surface area contributed by atoms with Crippen LogP contribution in [0.5, 0.6) is 0 Å². The van der Waals surface area contributed by atoms with E-state index in [1.165, 1.54) is 5.56 Å². The van der Waals surface area contributed by atoms with Gasteiger partial charge in [-0.15, -0.1) is 0 Å². The van der Waals surface area contributed by atoms with Crippen molar-refractivity contribution in [2.45, 2.75) is 38.0 Å². The van der Waals surface area contributed by atoms with E-state index in [2.05, 4.69) is 39.5 Å². The van der Waals surface area contributed by atoms with Crippen LogP contribution in [0.15, 0.2) is 48.8 Å². The molecule has 0 aliphatic carbocycles. The maximum atomic E-state index is 13.2. The summed E-state index contributed by atoms with van der Waals surface area (Å²) in [6.07, 6.45) is 8.10. The van der Waals surface area contributed by atoms with Gasteiger partial charge >= 0.3 is 0 Å². The van der Waals surface area contributed by atoms with E-state index in [9.17, 15) is 9.59 Å². The summed E-state index contributed by atoms with van der Waals surface area (Å²) in [5, 5.41) is 3.19. The van der Waals surface area contributed by atoms with Crippen LogP contribution < -0.4 is 10.2 Å². The Bertz CT molecular complexity index is 963. The van der Waals surface area contributed by atoms with Gasteiger partial charge in [-0.05, 0) is 67.3 Å². The molecule has 0 spiro atoms. The second-order valence-electron chi connectivity index (χ2n) is 9.75. The van der Waals surface area contributed by atoms with Gasteiger partial charge in [-0.2, -0.15) is 0 Å². The van der Waals surface area contributed by atoms with Crippen LogP contribution in [0.3, 0.4) is 0 Å². The number of piperidine rings is 1. The first-order chi connectivity index (χ1) is 16.7. The largest absolute Gasteiger partial charge is 0.381 e. The Hall–Kier alpha value is -2.77. The van der Waals surface area contributed by atoms with Crippen LogP contribution in [0, 0.1) is 11.8 Å². The summed E-state index contributed by atoms with van der Waals surface area (Å²) in [4.78, 5) is 34.0. The molecule has 4 heterocycles. The van der Waals surface area contributed by atoms with Crippen LogP contribution in [-0.4, -0.2) is 61.1 Å². The highest BCUT2D eigenvalue weighted by Gasteiger charge is 2.31. The number of rotatable bonds is 6. The number of hydrogen-bond donors (Lipinski definition) is 1. The Morgan fingerprint density at radius 2 is 1.74 bits per heavy atom. The molecule has 5 rings (SSSR count). The fourth-order valence-electron chi connectivity index (χ4n) is 5.22. The molecule has 2 amide bonds. The van der Waals surface area contributed by atoms with Gasteiger partial charge in [-0.1, -0.05) is 12.1 Å². The average molecular weight is 463 g/mol. The number of carbonyl (C=O) groups excluding carboxylic acids is 2. The van der Waals surface area contributed by atoms with E-state index in [0.29, 0.717) is 24.2 Å². The van der Waals surface area contributed by atoms with Gasteiger partial charge in [0.1, 0.15) is 0 Å². The van der Waals surface area contributed by atoms with Crippen molar-refractivity contribution in [3.8, 4) is 0 Å². The van der Waals surface area contributed by atoms with E-state index < -0.39 is 0 Å². The molecule has 180 valence electrons. The highest BCUT2D eigenvalue weighted by molar-refractivity contribution is 6.02. The summed E-state index contributed by atoms with van der Waals surface area (Å²) in [5.41, 5.74) is 2.95. The predicted octanol–water partition coefficient (Wildman–Crippen LogP) is 3.49. The van der Waals surface area contributed by atoms with Gasteiger partial charge in [0.25, 0.3) is 0 Å². The maximum Gasteiger partial charge on any atom is 0.237 e. The summed E-state index contributed by atoms with van der Waals surface area (Å²) >= 11 is 0. The first-order valence-corrected chi connectivity index (χ1v) is 12.6. The molecule has 7 heteroatoms. The molecule has 7 nitrogen and oxygen atoms in total. The molecule has 3 fully saturated rings. The Morgan fingerprint density at radius 1 is 1.00 bits per heavy atom. The van der Waals surface area contributed by atoms with Crippen LogP contribution in [0.4, 0.5) is 11.4 Å². The third-order valence-corrected chi connectivity index (χ3v) is 7.53. The lowest BCUT2D eigenvalue weighted by Gasteiger charge is -2.34. The van der Waals surface area contributed by atoms with Crippen LogP contribution >= 0.6 is 0 Å². The van der Waals surface area contributed by atoms with Crippen LogP contribution in [-0.2, 0) is 14.3 Å². The number of nitrogens with one attached hydrogen (secondary N) is 1. The molecule has 0 unspecified atom stereocenters. The molecule has 3 aliphatic heterocycles. The zero-order valence-electron chi connectivity index (χ0n) is 19.7. The lowest BCUT2D eigenvalue weighted by molar-refractivity contribution is -0.134. The number of pyridine rings is 1. The lowest BCUT2D eigenvalue weighted by Crippen LogP contribution is -2.51. The summed E-state index contributed by atoms with van der Waals surface area (Å²) in [7, 11) is 0. The summed E-state index contributed by atoms with van der Waals surface area (Å²) in [6.45, 7) is 4.67. The fraction of sp³-hybridized carbons (Fsp3) is 0.519. The fourth-order valence-corrected chi connectivity index (χ4v) is 5.22. The minimum atomic E-state index is 0.00267. The number of benzene rings is 1. The number of aromatic nitrogens is 1. The van der Waals surface area contributed by atoms with Gasteiger partial charge in [-0.3, -0.25) is 19.5 Å². The molecule has 0 radical (unpaired) electrons. The third kappa shape index (κ3) is 5.15. The van der Waals surface area contributed by atoms with Crippen LogP contribution in [0.1, 0.15) is 43.6 Å². The average Bonchev–Trinajstić information content (AvgIpc) is 2.85. The smallest absolute Gasteiger partial charge is 0.237 e. The van der Waals surface area contributed by atoms with Gasteiger partial charge in [-0.25, -0.2) is 0 Å². The van der Waals surface area contributed by atoms with Gasteiger partial charge in [0.15, 0.2) is 0 Å². The Kier molecular flexibility index (Phi) is 7.21. The minimum Gasteiger partial charge on any atom is -0.381 e. The van der Waals surface area contributed by atoms with Crippen molar-refractivity contribution in [3.63, 3.8) is 0 Å². The van der Waals surface area contributed by atoms with Gasteiger partial charge in [0.05, 0.1) is 17.8 Å². The highest BCUT2D eigenvalue weighted by Crippen LogP contribution is 2.33. The van der Waals surface area contributed by atoms with Crippen molar-refractivity contribution < 1.29 is 14.3 Å². The van der Waals surface area contributed by atoms with Crippen molar-refractivity contribution in [2.75, 3.05) is 44.3 Å². The number of likely N-dealkylation sites (tertiary alicyclic amines) is 1. The van der Waals surface area contributed by atoms with Gasteiger partial charge in [0, 0.05) is 57.7 Å². The standard InChI is InChI=1S/C27H34N4O3/c32-26(16-20-9-14-34-15-10-20)30-12-7-22(8-13-30)21-3-5-24(6-4-21)31(25-2-1-11-28-19-25)27(33)23-17-29-18-23/h1-6,11,19-20,22-23,29H,7-10,12-18H2. The zero-order valence-corrected chi connectivity index (χ0v) is 19.7. The van der Waals surface area contributed by atoms with Gasteiger partial charge in [0.2, 0.25) is 11.8 Å². The van der Waals surface area contributed by atoms with E-state index in [0.717, 1.165) is 76.5 Å². The molecule has 0 saturated carbocycles. The van der Waals surface area contributed by atoms with Crippen molar-refractivity contribution >= 4 is 23.2 Å². The molecule has 1 aromatic heterocycles. The number of carbonyl (C=O) groups is 2. The van der Waals surface area contributed by atoms with E-state index >= 15 is 0 Å². The highest BCUT2D eigenvalue weighted by atomic mass is 16.5. The number of anilines is 2. The second-order valence-corrected chi connectivity index (χ2v) is 9.75. The van der Waals surface area contributed by atoms with E-state index in [-0.39, 0.29) is 11.8 Å². The molecule has 3 saturated heterocycles. The molecule has 1 N–H and O–H groups in total. The molecule has 34 heavy (non-hydrogen) atoms. The quantitative estimate of drug-likeness (QED) is 0.711. The maximum absolute atomic E-state index is 13.2. The van der Waals surface area contributed by atoms with Crippen molar-refractivity contribution in [1.82, 2.24) is 15.2 Å². The number of amides is 2. The molecular formula is C27H34N4O3. The number of nitrogens with zero attached hydrogens (tertiary/aromatic N) is 3. The van der Waals surface area contributed by atoms with E-state index in [4.69, 9.17) is 4.74 Å². The van der Waals surface area contributed by atoms with Crippen molar-refractivity contribution in [1.29, 1.82) is 0 Å². The monoisotopic (exact) mass is 462 g/mol. The summed E-state index contributed by atoms with van der Waals surface area (Å²) in [5.74, 6) is 1.34. The molecule has 2 aromatic rings. The van der Waals surface area contributed by atoms with Crippen molar-refractivity contribution in [2.24, 2.45) is 11.8 Å². The summed E-state index contributed by atoms with van der Waals surface area (Å²) < 4.78 is 5.42. The van der Waals surface area contributed by atoms with Crippen molar-refractivity contribution in [3.05, 3.63) is 54.4 Å².